The second-order valence-electron chi connectivity index (χ2n) is 4.23. The van der Waals surface area contributed by atoms with Gasteiger partial charge in [0, 0.05) is 28.9 Å². The summed E-state index contributed by atoms with van der Waals surface area (Å²) in [6.07, 6.45) is 0. The van der Waals surface area contributed by atoms with Crippen LogP contribution in [0.5, 0.6) is 0 Å². The molecule has 3 nitrogen and oxygen atoms in total. The molecule has 0 unspecified atom stereocenters. The van der Waals surface area contributed by atoms with E-state index in [9.17, 15) is 4.39 Å². The summed E-state index contributed by atoms with van der Waals surface area (Å²) >= 11 is 5.00. The summed E-state index contributed by atoms with van der Waals surface area (Å²) in [7, 11) is 0. The van der Waals surface area contributed by atoms with Crippen molar-refractivity contribution in [2.24, 2.45) is 0 Å². The molecule has 2 aromatic heterocycles. The second kappa shape index (κ2) is 5.46. The first-order valence-electron chi connectivity index (χ1n) is 6.13. The zero-order valence-electron chi connectivity index (χ0n) is 10.7. The van der Waals surface area contributed by atoms with Crippen LogP contribution in [0.1, 0.15) is 6.92 Å². The molecule has 0 aliphatic carbocycles. The topological polar surface area (TPSA) is 37.8 Å². The van der Waals surface area contributed by atoms with Crippen LogP contribution < -0.4 is 5.32 Å². The van der Waals surface area contributed by atoms with Crippen molar-refractivity contribution in [1.82, 2.24) is 9.97 Å². The average Bonchev–Trinajstić information content (AvgIpc) is 2.85. The third kappa shape index (κ3) is 2.53. The maximum absolute atomic E-state index is 13.4. The zero-order valence-corrected chi connectivity index (χ0v) is 13.1. The van der Waals surface area contributed by atoms with Crippen LogP contribution in [0.3, 0.4) is 0 Å². The standard InChI is InChI=1S/C14H11BrFN3S/c1-2-17-14-10-4-3-9(16)6-11(10)18-13(19-14)8-5-12(15)20-7-8/h3-7H,2H2,1H3,(H,17,18,19). The summed E-state index contributed by atoms with van der Waals surface area (Å²) in [5, 5.41) is 6.00. The van der Waals surface area contributed by atoms with E-state index in [1.807, 2.05) is 18.4 Å². The van der Waals surface area contributed by atoms with Crippen molar-refractivity contribution in [3.63, 3.8) is 0 Å². The molecule has 2 heterocycles. The fraction of sp³-hybridized carbons (Fsp3) is 0.143. The predicted molar refractivity (Wildman–Crippen MR) is 84.7 cm³/mol. The minimum Gasteiger partial charge on any atom is -0.370 e. The summed E-state index contributed by atoms with van der Waals surface area (Å²) in [5.74, 6) is 1.03. The molecule has 1 aromatic carbocycles. The van der Waals surface area contributed by atoms with E-state index >= 15 is 0 Å². The minimum atomic E-state index is -0.295. The first kappa shape index (κ1) is 13.5. The Bertz CT molecular complexity index is 772. The highest BCUT2D eigenvalue weighted by Crippen LogP contribution is 2.30. The van der Waals surface area contributed by atoms with Crippen molar-refractivity contribution in [2.75, 3.05) is 11.9 Å². The van der Waals surface area contributed by atoms with Gasteiger partial charge in [-0.3, -0.25) is 0 Å². The average molecular weight is 352 g/mol. The molecule has 0 atom stereocenters. The Labute approximate surface area is 128 Å². The molecule has 3 rings (SSSR count). The molecule has 0 saturated carbocycles. The van der Waals surface area contributed by atoms with E-state index in [2.05, 4.69) is 31.2 Å². The number of nitrogens with one attached hydrogen (secondary N) is 1. The van der Waals surface area contributed by atoms with E-state index in [0.717, 1.165) is 27.1 Å². The van der Waals surface area contributed by atoms with Gasteiger partial charge in [-0.25, -0.2) is 14.4 Å². The number of fused-ring (bicyclic) bond motifs is 1. The van der Waals surface area contributed by atoms with E-state index in [1.54, 1.807) is 17.4 Å². The zero-order chi connectivity index (χ0) is 14.1. The van der Waals surface area contributed by atoms with Gasteiger partial charge >= 0.3 is 0 Å². The van der Waals surface area contributed by atoms with Gasteiger partial charge in [0.2, 0.25) is 0 Å². The lowest BCUT2D eigenvalue weighted by atomic mass is 10.2. The Morgan fingerprint density at radius 1 is 1.30 bits per heavy atom. The van der Waals surface area contributed by atoms with Crippen LogP contribution in [0.4, 0.5) is 10.2 Å². The largest absolute Gasteiger partial charge is 0.370 e. The number of anilines is 1. The smallest absolute Gasteiger partial charge is 0.163 e. The van der Waals surface area contributed by atoms with Gasteiger partial charge in [0.05, 0.1) is 9.30 Å². The number of nitrogens with zero attached hydrogens (tertiary/aromatic N) is 2. The maximum Gasteiger partial charge on any atom is 0.163 e. The summed E-state index contributed by atoms with van der Waals surface area (Å²) in [4.78, 5) is 9.00. The first-order chi connectivity index (χ1) is 9.67. The number of benzene rings is 1. The van der Waals surface area contributed by atoms with Crippen LogP contribution in [-0.4, -0.2) is 16.5 Å². The van der Waals surface area contributed by atoms with E-state index in [1.165, 1.54) is 12.1 Å². The molecule has 0 saturated heterocycles. The molecule has 0 spiro atoms. The highest BCUT2D eigenvalue weighted by atomic mass is 79.9. The number of aromatic nitrogens is 2. The maximum atomic E-state index is 13.4. The molecule has 0 bridgehead atoms. The number of hydrogen-bond donors (Lipinski definition) is 1. The Hall–Kier alpha value is -1.53. The normalized spacial score (nSPS) is 10.9. The first-order valence-corrected chi connectivity index (χ1v) is 7.80. The van der Waals surface area contributed by atoms with Gasteiger partial charge < -0.3 is 5.32 Å². The van der Waals surface area contributed by atoms with Crippen LogP contribution >= 0.6 is 27.3 Å². The molecule has 1 N–H and O–H groups in total. The van der Waals surface area contributed by atoms with Crippen LogP contribution in [0.2, 0.25) is 0 Å². The second-order valence-corrected chi connectivity index (χ2v) is 6.52. The Morgan fingerprint density at radius 2 is 2.15 bits per heavy atom. The number of thiophene rings is 1. The molecule has 0 aliphatic heterocycles. The minimum absolute atomic E-state index is 0.295. The highest BCUT2D eigenvalue weighted by Gasteiger charge is 2.11. The molecule has 6 heteroatoms. The fourth-order valence-corrected chi connectivity index (χ4v) is 3.10. The van der Waals surface area contributed by atoms with Crippen molar-refractivity contribution < 1.29 is 4.39 Å². The molecular formula is C14H11BrFN3S. The highest BCUT2D eigenvalue weighted by molar-refractivity contribution is 9.11. The predicted octanol–water partition coefficient (Wildman–Crippen LogP) is 4.69. The van der Waals surface area contributed by atoms with E-state index in [0.29, 0.717) is 11.3 Å². The molecule has 20 heavy (non-hydrogen) atoms. The van der Waals surface area contributed by atoms with Crippen molar-refractivity contribution in [2.45, 2.75) is 6.92 Å². The van der Waals surface area contributed by atoms with Crippen molar-refractivity contribution in [3.8, 4) is 11.4 Å². The summed E-state index contributed by atoms with van der Waals surface area (Å²) in [6, 6.07) is 6.52. The number of halogens is 2. The molecule has 0 aliphatic rings. The Morgan fingerprint density at radius 3 is 2.85 bits per heavy atom. The van der Waals surface area contributed by atoms with Crippen LogP contribution in [0.15, 0.2) is 33.4 Å². The quantitative estimate of drug-likeness (QED) is 0.743. The van der Waals surface area contributed by atoms with Crippen LogP contribution in [-0.2, 0) is 0 Å². The lowest BCUT2D eigenvalue weighted by molar-refractivity contribution is 0.629. The summed E-state index contributed by atoms with van der Waals surface area (Å²) in [6.45, 7) is 2.74. The molecule has 3 aromatic rings. The third-order valence-electron chi connectivity index (χ3n) is 2.83. The summed E-state index contributed by atoms with van der Waals surface area (Å²) < 4.78 is 14.4. The molecule has 102 valence electrons. The molecular weight excluding hydrogens is 341 g/mol. The van der Waals surface area contributed by atoms with Gasteiger partial charge in [0.15, 0.2) is 5.82 Å². The van der Waals surface area contributed by atoms with Gasteiger partial charge in [-0.15, -0.1) is 11.3 Å². The number of rotatable bonds is 3. The van der Waals surface area contributed by atoms with E-state index < -0.39 is 0 Å². The van der Waals surface area contributed by atoms with Gasteiger partial charge in [0.1, 0.15) is 11.6 Å². The third-order valence-corrected chi connectivity index (χ3v) is 4.33. The van der Waals surface area contributed by atoms with Gasteiger partial charge in [-0.2, -0.15) is 0 Å². The molecule has 0 radical (unpaired) electrons. The summed E-state index contributed by atoms with van der Waals surface area (Å²) in [5.41, 5.74) is 1.53. The van der Waals surface area contributed by atoms with E-state index in [4.69, 9.17) is 0 Å². The molecule has 0 amide bonds. The van der Waals surface area contributed by atoms with Crippen molar-refractivity contribution in [1.29, 1.82) is 0 Å². The molecule has 0 fully saturated rings. The lowest BCUT2D eigenvalue weighted by Gasteiger charge is -2.09. The van der Waals surface area contributed by atoms with Crippen molar-refractivity contribution in [3.05, 3.63) is 39.2 Å². The fourth-order valence-electron chi connectivity index (χ4n) is 1.96. The number of hydrogen-bond acceptors (Lipinski definition) is 4. The van der Waals surface area contributed by atoms with Gasteiger partial charge in [-0.05, 0) is 41.1 Å². The van der Waals surface area contributed by atoms with Gasteiger partial charge in [-0.1, -0.05) is 0 Å². The van der Waals surface area contributed by atoms with Crippen molar-refractivity contribution >= 4 is 44.0 Å². The Balaban J connectivity index is 2.23. The van der Waals surface area contributed by atoms with Gasteiger partial charge in [0.25, 0.3) is 0 Å². The lowest BCUT2D eigenvalue weighted by Crippen LogP contribution is -2.02. The Kier molecular flexibility index (Phi) is 3.67. The monoisotopic (exact) mass is 351 g/mol. The van der Waals surface area contributed by atoms with E-state index in [-0.39, 0.29) is 5.82 Å². The van der Waals surface area contributed by atoms with Crippen LogP contribution in [0, 0.1) is 5.82 Å². The SMILES string of the molecule is CCNc1nc(-c2csc(Br)c2)nc2cc(F)ccc12. The van der Waals surface area contributed by atoms with Crippen LogP contribution in [0.25, 0.3) is 22.3 Å².